The number of nitrogens with one attached hydrogen (secondary N) is 2. The molecule has 1 atom stereocenters. The van der Waals surface area contributed by atoms with Crippen LogP contribution < -0.4 is 10.6 Å². The molecule has 1 saturated heterocycles. The molecule has 4 rings (SSSR count). The van der Waals surface area contributed by atoms with Crippen molar-refractivity contribution in [2.45, 2.75) is 83.6 Å². The molecule has 1 unspecified atom stereocenters. The van der Waals surface area contributed by atoms with Gasteiger partial charge in [-0.2, -0.15) is 0 Å². The molecule has 1 aliphatic carbocycles. The molecule has 1 aromatic carbocycles. The average Bonchev–Trinajstić information content (AvgIpc) is 3.38. The van der Waals surface area contributed by atoms with Crippen LogP contribution in [0, 0.1) is 17.2 Å². The van der Waals surface area contributed by atoms with E-state index in [2.05, 4.69) is 22.5 Å². The predicted molar refractivity (Wildman–Crippen MR) is 152 cm³/mol. The van der Waals surface area contributed by atoms with E-state index < -0.39 is 12.1 Å². The first-order chi connectivity index (χ1) is 19.3. The van der Waals surface area contributed by atoms with Crippen molar-refractivity contribution in [2.24, 2.45) is 18.4 Å². The number of piperidine rings is 1. The Morgan fingerprint density at radius 3 is 2.42 bits per heavy atom. The summed E-state index contributed by atoms with van der Waals surface area (Å²) in [5.41, 5.74) is 1.30. The van der Waals surface area contributed by atoms with Gasteiger partial charge in [0.05, 0.1) is 12.0 Å². The van der Waals surface area contributed by atoms with Crippen LogP contribution >= 0.6 is 0 Å². The van der Waals surface area contributed by atoms with Crippen molar-refractivity contribution in [3.63, 3.8) is 0 Å². The van der Waals surface area contributed by atoms with Gasteiger partial charge in [0.15, 0.2) is 0 Å². The first kappa shape index (κ1) is 29.7. The van der Waals surface area contributed by atoms with Gasteiger partial charge in [0, 0.05) is 57.6 Å². The van der Waals surface area contributed by atoms with E-state index in [1.165, 1.54) is 31.4 Å². The van der Waals surface area contributed by atoms with Crippen molar-refractivity contribution < 1.29 is 18.8 Å². The lowest BCUT2D eigenvalue weighted by Gasteiger charge is -2.47. The van der Waals surface area contributed by atoms with Gasteiger partial charge in [-0.3, -0.25) is 9.59 Å². The minimum absolute atomic E-state index is 0.163. The van der Waals surface area contributed by atoms with Crippen LogP contribution in [0.2, 0.25) is 0 Å². The number of aromatic nitrogens is 2. The molecular weight excluding hydrogens is 509 g/mol. The van der Waals surface area contributed by atoms with Crippen LogP contribution in [0.15, 0.2) is 36.8 Å². The number of urea groups is 1. The molecule has 1 saturated carbocycles. The van der Waals surface area contributed by atoms with E-state index in [0.717, 1.165) is 30.5 Å². The Hall–Kier alpha value is -3.23. The van der Waals surface area contributed by atoms with E-state index in [0.29, 0.717) is 57.0 Å². The Kier molecular flexibility index (Phi) is 10.3. The number of carbonyl (C=O) groups is 3. The molecule has 2 heterocycles. The normalized spacial score (nSPS) is 18.2. The zero-order chi connectivity index (χ0) is 28.5. The van der Waals surface area contributed by atoms with Crippen molar-refractivity contribution in [3.05, 3.63) is 53.9 Å². The minimum Gasteiger partial charge on any atom is -0.341 e. The molecule has 3 amide bonds. The van der Waals surface area contributed by atoms with Crippen molar-refractivity contribution >= 4 is 17.7 Å². The van der Waals surface area contributed by atoms with E-state index >= 15 is 0 Å². The predicted octanol–water partition coefficient (Wildman–Crippen LogP) is 4.57. The topological polar surface area (TPSA) is 96.3 Å². The highest BCUT2D eigenvalue weighted by Gasteiger charge is 2.47. The lowest BCUT2D eigenvalue weighted by Crippen LogP contribution is -2.56. The van der Waals surface area contributed by atoms with Gasteiger partial charge >= 0.3 is 6.03 Å². The number of rotatable bonds is 11. The number of amides is 3. The van der Waals surface area contributed by atoms with Gasteiger partial charge in [-0.1, -0.05) is 38.3 Å². The number of aryl methyl sites for hydroxylation is 1. The number of benzene rings is 1. The van der Waals surface area contributed by atoms with Gasteiger partial charge in [0.2, 0.25) is 5.91 Å². The molecular formula is C31H44FN5O3. The highest BCUT2D eigenvalue weighted by molar-refractivity contribution is 5.88. The maximum Gasteiger partial charge on any atom is 0.315 e. The summed E-state index contributed by atoms with van der Waals surface area (Å²) in [7, 11) is 1.89. The fourth-order valence-electron chi connectivity index (χ4n) is 6.56. The molecule has 1 aromatic heterocycles. The molecule has 1 aliphatic heterocycles. The van der Waals surface area contributed by atoms with E-state index in [1.54, 1.807) is 18.5 Å². The van der Waals surface area contributed by atoms with E-state index in [1.807, 2.05) is 22.7 Å². The van der Waals surface area contributed by atoms with E-state index in [4.69, 9.17) is 0 Å². The van der Waals surface area contributed by atoms with Crippen LogP contribution in [-0.2, 0) is 29.5 Å². The lowest BCUT2D eigenvalue weighted by atomic mass is 9.61. The summed E-state index contributed by atoms with van der Waals surface area (Å²) in [4.78, 5) is 46.1. The van der Waals surface area contributed by atoms with Gasteiger partial charge in [0.1, 0.15) is 17.6 Å². The number of hydrogen-bond donors (Lipinski definition) is 2. The molecule has 8 nitrogen and oxygen atoms in total. The summed E-state index contributed by atoms with van der Waals surface area (Å²) < 4.78 is 15.4. The minimum atomic E-state index is -0.797. The van der Waals surface area contributed by atoms with E-state index in [9.17, 15) is 18.8 Å². The number of hydrogen-bond acceptors (Lipinski definition) is 4. The Labute approximate surface area is 237 Å². The van der Waals surface area contributed by atoms with Crippen LogP contribution in [0.5, 0.6) is 0 Å². The molecule has 0 spiro atoms. The van der Waals surface area contributed by atoms with Crippen molar-refractivity contribution in [2.75, 3.05) is 19.6 Å². The number of Topliss-reactive ketones (excluding diaryl/α,β-unsaturated/α-hetero) is 1. The van der Waals surface area contributed by atoms with Crippen LogP contribution in [0.3, 0.4) is 0 Å². The maximum atomic E-state index is 13.8. The zero-order valence-corrected chi connectivity index (χ0v) is 24.0. The van der Waals surface area contributed by atoms with Crippen molar-refractivity contribution in [1.82, 2.24) is 25.1 Å². The second kappa shape index (κ2) is 13.9. The first-order valence-corrected chi connectivity index (χ1v) is 14.9. The number of likely N-dealkylation sites (tertiary alicyclic amines) is 1. The van der Waals surface area contributed by atoms with Crippen LogP contribution in [-0.4, -0.2) is 57.8 Å². The molecule has 2 N–H and O–H groups in total. The van der Waals surface area contributed by atoms with Gasteiger partial charge in [-0.15, -0.1) is 0 Å². The smallest absolute Gasteiger partial charge is 0.315 e. The largest absolute Gasteiger partial charge is 0.341 e. The Morgan fingerprint density at radius 2 is 1.80 bits per heavy atom. The average molecular weight is 554 g/mol. The summed E-state index contributed by atoms with van der Waals surface area (Å²) in [6, 6.07) is 4.79. The first-order valence-electron chi connectivity index (χ1n) is 14.9. The molecule has 9 heteroatoms. The Balaban J connectivity index is 1.42. The standard InChI is InChI=1S/C31H44FN5O3/c1-3-7-28(38)31(24-8-5-4-6-9-24)15-18-37(19-16-31)29(39)27(20-23-10-12-25(32)13-11-23)35-30(40)33-17-14-26-21-36(2)22-34-26/h10-13,21-22,24,27H,3-9,14-20H2,1-2H3,(H2,33,35,40). The third kappa shape index (κ3) is 7.49. The number of nitrogens with zero attached hydrogens (tertiary/aromatic N) is 3. The lowest BCUT2D eigenvalue weighted by molar-refractivity contribution is -0.144. The number of imidazole rings is 1. The maximum absolute atomic E-state index is 13.8. The summed E-state index contributed by atoms with van der Waals surface area (Å²) in [6.07, 6.45) is 13.0. The Bertz CT molecular complexity index is 1130. The van der Waals surface area contributed by atoms with Gasteiger partial charge in [-0.25, -0.2) is 14.2 Å². The molecule has 0 radical (unpaired) electrons. The fraction of sp³-hybridized carbons (Fsp3) is 0.613. The summed E-state index contributed by atoms with van der Waals surface area (Å²) in [5.74, 6) is 0.251. The number of carbonyl (C=O) groups excluding carboxylic acids is 3. The molecule has 2 aromatic rings. The number of ketones is 1. The van der Waals surface area contributed by atoms with Crippen LogP contribution in [0.25, 0.3) is 0 Å². The fourth-order valence-corrected chi connectivity index (χ4v) is 6.56. The SMILES string of the molecule is CCCC(=O)C1(C2CCCCC2)CCN(C(=O)C(Cc2ccc(F)cc2)NC(=O)NCCc2cn(C)cn2)CC1. The Morgan fingerprint density at radius 1 is 1.10 bits per heavy atom. The monoisotopic (exact) mass is 553 g/mol. The molecule has 0 bridgehead atoms. The van der Waals surface area contributed by atoms with Gasteiger partial charge in [-0.05, 0) is 55.7 Å². The quantitative estimate of drug-likeness (QED) is 0.426. The summed E-state index contributed by atoms with van der Waals surface area (Å²) in [5, 5.41) is 5.70. The summed E-state index contributed by atoms with van der Waals surface area (Å²) >= 11 is 0. The van der Waals surface area contributed by atoms with Crippen LogP contribution in [0.1, 0.15) is 76.0 Å². The van der Waals surface area contributed by atoms with Gasteiger partial charge < -0.3 is 20.1 Å². The molecule has 40 heavy (non-hydrogen) atoms. The van der Waals surface area contributed by atoms with Crippen molar-refractivity contribution in [1.29, 1.82) is 0 Å². The van der Waals surface area contributed by atoms with Crippen molar-refractivity contribution in [3.8, 4) is 0 Å². The van der Waals surface area contributed by atoms with Gasteiger partial charge in [0.25, 0.3) is 0 Å². The van der Waals surface area contributed by atoms with E-state index in [-0.39, 0.29) is 23.6 Å². The third-order valence-electron chi connectivity index (χ3n) is 8.77. The van der Waals surface area contributed by atoms with Crippen LogP contribution in [0.4, 0.5) is 9.18 Å². The highest BCUT2D eigenvalue weighted by Crippen LogP contribution is 2.47. The molecule has 2 aliphatic rings. The second-order valence-electron chi connectivity index (χ2n) is 11.6. The zero-order valence-electron chi connectivity index (χ0n) is 24.0. The third-order valence-corrected chi connectivity index (χ3v) is 8.77. The summed E-state index contributed by atoms with van der Waals surface area (Å²) in [6.45, 7) is 3.45. The highest BCUT2D eigenvalue weighted by atomic mass is 19.1. The molecule has 2 fully saturated rings. The second-order valence-corrected chi connectivity index (χ2v) is 11.6. The number of halogens is 1. The molecule has 218 valence electrons.